The molecule has 27 heavy (non-hydrogen) atoms. The molecule has 0 atom stereocenters. The second-order valence-corrected chi connectivity index (χ2v) is 6.38. The van der Waals surface area contributed by atoms with E-state index in [-0.39, 0.29) is 36.4 Å². The number of nitrogens with one attached hydrogen (secondary N) is 1. The standard InChI is InChI=1S/C19H24N2O6/c1-11(2)17(22)20-14-7-6-12(3)8-15(14)21-10-27-9-13(18(23)25-4)16(21)19(24)26-5/h6-8,11H,9-10H2,1-5H3,(H,20,22). The van der Waals surface area contributed by atoms with Gasteiger partial charge in [0.25, 0.3) is 0 Å². The molecule has 146 valence electrons. The van der Waals surface area contributed by atoms with Gasteiger partial charge < -0.3 is 24.4 Å². The average molecular weight is 376 g/mol. The maximum Gasteiger partial charge on any atom is 0.355 e. The van der Waals surface area contributed by atoms with Crippen LogP contribution in [0.5, 0.6) is 0 Å². The molecule has 0 aromatic heterocycles. The van der Waals surface area contributed by atoms with Gasteiger partial charge in [0.15, 0.2) is 0 Å². The molecule has 0 fully saturated rings. The van der Waals surface area contributed by atoms with Crippen molar-refractivity contribution < 1.29 is 28.6 Å². The third-order valence-corrected chi connectivity index (χ3v) is 4.06. The fourth-order valence-electron chi connectivity index (χ4n) is 2.58. The molecule has 0 unspecified atom stereocenters. The molecule has 1 heterocycles. The van der Waals surface area contributed by atoms with Gasteiger partial charge in [0.1, 0.15) is 12.4 Å². The second-order valence-electron chi connectivity index (χ2n) is 6.38. The minimum Gasteiger partial charge on any atom is -0.466 e. The summed E-state index contributed by atoms with van der Waals surface area (Å²) in [5, 5.41) is 2.84. The molecule has 1 aromatic rings. The molecule has 8 nitrogen and oxygen atoms in total. The first kappa shape index (κ1) is 20.4. The van der Waals surface area contributed by atoms with Crippen LogP contribution in [-0.2, 0) is 28.6 Å². The first-order valence-electron chi connectivity index (χ1n) is 8.46. The SMILES string of the molecule is COC(=O)C1=C(C(=O)OC)N(c2cc(C)ccc2NC(=O)C(C)C)COC1. The van der Waals surface area contributed by atoms with Crippen molar-refractivity contribution in [1.82, 2.24) is 0 Å². The Morgan fingerprint density at radius 3 is 2.41 bits per heavy atom. The normalized spacial score (nSPS) is 14.2. The number of anilines is 2. The zero-order chi connectivity index (χ0) is 20.1. The highest BCUT2D eigenvalue weighted by atomic mass is 16.5. The molecule has 1 aliphatic rings. The molecule has 0 bridgehead atoms. The lowest BCUT2D eigenvalue weighted by molar-refractivity contribution is -0.140. The quantitative estimate of drug-likeness (QED) is 0.785. The number of rotatable bonds is 5. The molecule has 0 aliphatic carbocycles. The van der Waals surface area contributed by atoms with E-state index in [0.29, 0.717) is 11.4 Å². The van der Waals surface area contributed by atoms with Gasteiger partial charge in [-0.05, 0) is 24.6 Å². The molecule has 1 aromatic carbocycles. The fraction of sp³-hybridized carbons (Fsp3) is 0.421. The summed E-state index contributed by atoms with van der Waals surface area (Å²) in [6.45, 7) is 5.38. The molecular formula is C19H24N2O6. The van der Waals surface area contributed by atoms with Crippen LogP contribution in [0.3, 0.4) is 0 Å². The van der Waals surface area contributed by atoms with Gasteiger partial charge in [0, 0.05) is 5.92 Å². The summed E-state index contributed by atoms with van der Waals surface area (Å²) >= 11 is 0. The van der Waals surface area contributed by atoms with Gasteiger partial charge in [-0.2, -0.15) is 0 Å². The van der Waals surface area contributed by atoms with Crippen molar-refractivity contribution in [3.8, 4) is 0 Å². The highest BCUT2D eigenvalue weighted by Crippen LogP contribution is 2.33. The van der Waals surface area contributed by atoms with Crippen molar-refractivity contribution >= 4 is 29.2 Å². The van der Waals surface area contributed by atoms with Crippen LogP contribution in [0.25, 0.3) is 0 Å². The van der Waals surface area contributed by atoms with Crippen molar-refractivity contribution in [2.45, 2.75) is 20.8 Å². The smallest absolute Gasteiger partial charge is 0.355 e. The van der Waals surface area contributed by atoms with Crippen LogP contribution in [-0.4, -0.2) is 45.4 Å². The van der Waals surface area contributed by atoms with E-state index < -0.39 is 11.9 Å². The van der Waals surface area contributed by atoms with Crippen molar-refractivity contribution in [3.63, 3.8) is 0 Å². The first-order valence-corrected chi connectivity index (χ1v) is 8.46. The molecule has 1 aliphatic heterocycles. The number of methoxy groups -OCH3 is 2. The van der Waals surface area contributed by atoms with Gasteiger partial charge in [-0.15, -0.1) is 0 Å². The summed E-state index contributed by atoms with van der Waals surface area (Å²) in [7, 11) is 2.46. The minimum atomic E-state index is -0.693. The van der Waals surface area contributed by atoms with Gasteiger partial charge in [-0.25, -0.2) is 9.59 Å². The van der Waals surface area contributed by atoms with E-state index in [1.807, 2.05) is 13.0 Å². The molecule has 8 heteroatoms. The summed E-state index contributed by atoms with van der Waals surface area (Å²) in [5.41, 5.74) is 2.00. The van der Waals surface area contributed by atoms with E-state index in [4.69, 9.17) is 14.2 Å². The van der Waals surface area contributed by atoms with Crippen LogP contribution in [0.15, 0.2) is 29.5 Å². The number of amides is 1. The number of carbonyl (C=O) groups is 3. The lowest BCUT2D eigenvalue weighted by Crippen LogP contribution is -2.39. The second kappa shape index (κ2) is 8.68. The van der Waals surface area contributed by atoms with E-state index in [9.17, 15) is 14.4 Å². The number of ether oxygens (including phenoxy) is 3. The predicted octanol–water partition coefficient (Wildman–Crippen LogP) is 1.98. The lowest BCUT2D eigenvalue weighted by Gasteiger charge is -2.32. The van der Waals surface area contributed by atoms with Gasteiger partial charge in [-0.1, -0.05) is 19.9 Å². The van der Waals surface area contributed by atoms with Crippen LogP contribution in [0.4, 0.5) is 11.4 Å². The molecule has 1 N–H and O–H groups in total. The third kappa shape index (κ3) is 4.46. The maximum absolute atomic E-state index is 12.4. The van der Waals surface area contributed by atoms with E-state index >= 15 is 0 Å². The molecule has 0 radical (unpaired) electrons. The summed E-state index contributed by atoms with van der Waals surface area (Å²) in [4.78, 5) is 38.3. The number of hydrogen-bond acceptors (Lipinski definition) is 7. The Kier molecular flexibility index (Phi) is 6.57. The molecule has 0 spiro atoms. The van der Waals surface area contributed by atoms with E-state index in [2.05, 4.69) is 5.32 Å². The third-order valence-electron chi connectivity index (χ3n) is 4.06. The number of nitrogens with zero attached hydrogens (tertiary/aromatic N) is 1. The minimum absolute atomic E-state index is 0.0128. The van der Waals surface area contributed by atoms with Crippen molar-refractivity contribution in [2.75, 3.05) is 37.8 Å². The van der Waals surface area contributed by atoms with Crippen LogP contribution in [0.1, 0.15) is 19.4 Å². The summed E-state index contributed by atoms with van der Waals surface area (Å²) < 4.78 is 15.1. The molecule has 0 saturated heterocycles. The number of aryl methyl sites for hydroxylation is 1. The van der Waals surface area contributed by atoms with Crippen LogP contribution in [0, 0.1) is 12.8 Å². The Labute approximate surface area is 158 Å². The maximum atomic E-state index is 12.4. The van der Waals surface area contributed by atoms with Crippen LogP contribution in [0.2, 0.25) is 0 Å². The average Bonchev–Trinajstić information content (AvgIpc) is 2.67. The Morgan fingerprint density at radius 2 is 1.81 bits per heavy atom. The van der Waals surface area contributed by atoms with E-state index in [1.165, 1.54) is 19.1 Å². The number of carbonyl (C=O) groups excluding carboxylic acids is 3. The zero-order valence-electron chi connectivity index (χ0n) is 16.1. The van der Waals surface area contributed by atoms with Crippen molar-refractivity contribution in [1.29, 1.82) is 0 Å². The topological polar surface area (TPSA) is 94.2 Å². The van der Waals surface area contributed by atoms with Gasteiger partial charge in [-0.3, -0.25) is 4.79 Å². The first-order chi connectivity index (χ1) is 12.8. The van der Waals surface area contributed by atoms with Crippen molar-refractivity contribution in [2.24, 2.45) is 5.92 Å². The van der Waals surface area contributed by atoms with Gasteiger partial charge in [0.2, 0.25) is 5.91 Å². The largest absolute Gasteiger partial charge is 0.466 e. The summed E-state index contributed by atoms with van der Waals surface area (Å²) in [5.74, 6) is -1.77. The highest BCUT2D eigenvalue weighted by Gasteiger charge is 2.33. The molecule has 2 rings (SSSR count). The Morgan fingerprint density at radius 1 is 1.15 bits per heavy atom. The fourth-order valence-corrected chi connectivity index (χ4v) is 2.58. The number of esters is 2. The van der Waals surface area contributed by atoms with Crippen LogP contribution < -0.4 is 10.2 Å². The lowest BCUT2D eigenvalue weighted by atomic mass is 10.1. The number of benzene rings is 1. The van der Waals surface area contributed by atoms with E-state index in [0.717, 1.165) is 5.56 Å². The zero-order valence-corrected chi connectivity index (χ0v) is 16.1. The van der Waals surface area contributed by atoms with Crippen LogP contribution >= 0.6 is 0 Å². The number of hydrogen-bond donors (Lipinski definition) is 1. The van der Waals surface area contributed by atoms with Gasteiger partial charge >= 0.3 is 11.9 Å². The molecule has 0 saturated carbocycles. The molecular weight excluding hydrogens is 352 g/mol. The van der Waals surface area contributed by atoms with Gasteiger partial charge in [0.05, 0.1) is 37.8 Å². The molecule has 1 amide bonds. The Hall–Kier alpha value is -2.87. The monoisotopic (exact) mass is 376 g/mol. The van der Waals surface area contributed by atoms with Crippen molar-refractivity contribution in [3.05, 3.63) is 35.0 Å². The summed E-state index contributed by atoms with van der Waals surface area (Å²) in [6, 6.07) is 5.38. The van der Waals surface area contributed by atoms with E-state index in [1.54, 1.807) is 26.0 Å². The summed E-state index contributed by atoms with van der Waals surface area (Å²) in [6.07, 6.45) is 0. The Bertz CT molecular complexity index is 784. The predicted molar refractivity (Wildman–Crippen MR) is 99.0 cm³/mol. The highest BCUT2D eigenvalue weighted by molar-refractivity contribution is 6.05. The Balaban J connectivity index is 2.60.